The van der Waals surface area contributed by atoms with E-state index in [0.29, 0.717) is 32.4 Å². The van der Waals surface area contributed by atoms with Gasteiger partial charge in [-0.2, -0.15) is 5.10 Å². The van der Waals surface area contributed by atoms with Crippen molar-refractivity contribution in [3.63, 3.8) is 0 Å². The number of hydrogen-bond acceptors (Lipinski definition) is 5. The molecule has 2 aromatic heterocycles. The summed E-state index contributed by atoms with van der Waals surface area (Å²) in [6.45, 7) is 1.08. The van der Waals surface area contributed by atoms with Gasteiger partial charge in [0.15, 0.2) is 0 Å². The fourth-order valence-electron chi connectivity index (χ4n) is 2.41. The highest BCUT2D eigenvalue weighted by Crippen LogP contribution is 2.15. The van der Waals surface area contributed by atoms with Gasteiger partial charge in [-0.05, 0) is 6.42 Å². The zero-order valence-electron chi connectivity index (χ0n) is 11.5. The summed E-state index contributed by atoms with van der Waals surface area (Å²) in [7, 11) is 0. The molecule has 1 aliphatic rings. The number of carbonyl (C=O) groups is 1. The third-order valence-corrected chi connectivity index (χ3v) is 3.52. The van der Waals surface area contributed by atoms with Crippen molar-refractivity contribution in [1.82, 2.24) is 25.1 Å². The van der Waals surface area contributed by atoms with E-state index >= 15 is 0 Å². The molecule has 1 amide bonds. The number of carbonyl (C=O) groups excluding carboxylic acids is 1. The van der Waals surface area contributed by atoms with Gasteiger partial charge in [-0.3, -0.25) is 19.6 Å². The number of H-pyrrole nitrogens is 1. The summed E-state index contributed by atoms with van der Waals surface area (Å²) in [4.78, 5) is 33.4. The molecule has 0 aromatic carbocycles. The van der Waals surface area contributed by atoms with E-state index in [4.69, 9.17) is 0 Å². The maximum absolute atomic E-state index is 12.2. The number of rotatable bonds is 3. The Kier molecular flexibility index (Phi) is 3.72. The second-order valence-electron chi connectivity index (χ2n) is 4.97. The molecule has 21 heavy (non-hydrogen) atoms. The van der Waals surface area contributed by atoms with Crippen molar-refractivity contribution in [1.29, 1.82) is 0 Å². The van der Waals surface area contributed by atoms with Crippen molar-refractivity contribution in [3.05, 3.63) is 52.0 Å². The van der Waals surface area contributed by atoms with Crippen LogP contribution in [-0.2, 0) is 24.2 Å². The second-order valence-corrected chi connectivity index (χ2v) is 4.97. The van der Waals surface area contributed by atoms with E-state index < -0.39 is 0 Å². The highest BCUT2D eigenvalue weighted by Gasteiger charge is 2.21. The minimum atomic E-state index is -0.234. The van der Waals surface area contributed by atoms with Crippen LogP contribution < -0.4 is 5.56 Å². The van der Waals surface area contributed by atoms with Crippen molar-refractivity contribution in [2.75, 3.05) is 6.54 Å². The highest BCUT2D eigenvalue weighted by atomic mass is 16.2. The molecule has 1 aliphatic heterocycles. The fourth-order valence-corrected chi connectivity index (χ4v) is 2.41. The summed E-state index contributed by atoms with van der Waals surface area (Å²) < 4.78 is 0. The Bertz CT molecular complexity index is 698. The molecule has 0 atom stereocenters. The van der Waals surface area contributed by atoms with Gasteiger partial charge in [-0.15, -0.1) is 0 Å². The summed E-state index contributed by atoms with van der Waals surface area (Å²) in [5, 5.41) is 6.44. The Hall–Kier alpha value is -2.57. The number of amides is 1. The Labute approximate surface area is 121 Å². The lowest BCUT2D eigenvalue weighted by atomic mass is 10.1. The lowest BCUT2D eigenvalue weighted by molar-refractivity contribution is -0.132. The monoisotopic (exact) mass is 285 g/mol. The van der Waals surface area contributed by atoms with Crippen LogP contribution in [0.3, 0.4) is 0 Å². The highest BCUT2D eigenvalue weighted by molar-refractivity contribution is 5.76. The van der Waals surface area contributed by atoms with Crippen LogP contribution in [-0.4, -0.2) is 37.5 Å². The molecule has 7 nitrogen and oxygen atoms in total. The van der Waals surface area contributed by atoms with Crippen LogP contribution in [0.4, 0.5) is 0 Å². The van der Waals surface area contributed by atoms with Gasteiger partial charge in [-0.25, -0.2) is 5.10 Å². The van der Waals surface area contributed by atoms with Gasteiger partial charge >= 0.3 is 0 Å². The number of hydrogen-bond donors (Lipinski definition) is 1. The average molecular weight is 285 g/mol. The molecule has 108 valence electrons. The van der Waals surface area contributed by atoms with E-state index in [-0.39, 0.29) is 11.5 Å². The van der Waals surface area contributed by atoms with Crippen LogP contribution in [0.5, 0.6) is 0 Å². The van der Waals surface area contributed by atoms with Crippen LogP contribution in [0, 0.1) is 0 Å². The van der Waals surface area contributed by atoms with E-state index in [2.05, 4.69) is 20.2 Å². The predicted molar refractivity (Wildman–Crippen MR) is 74.3 cm³/mol. The number of nitrogens with one attached hydrogen (secondary N) is 1. The zero-order chi connectivity index (χ0) is 14.7. The molecule has 7 heteroatoms. The van der Waals surface area contributed by atoms with Crippen molar-refractivity contribution in [2.45, 2.75) is 25.8 Å². The first-order valence-corrected chi connectivity index (χ1v) is 6.82. The van der Waals surface area contributed by atoms with Gasteiger partial charge in [0.05, 0.1) is 11.4 Å². The molecule has 0 fully saturated rings. The fraction of sp³-hybridized carbons (Fsp3) is 0.357. The summed E-state index contributed by atoms with van der Waals surface area (Å²) in [5.41, 5.74) is 2.27. The topological polar surface area (TPSA) is 91.8 Å². The molecule has 0 unspecified atom stereocenters. The molecule has 0 saturated carbocycles. The summed E-state index contributed by atoms with van der Waals surface area (Å²) in [6.07, 6.45) is 6.53. The Morgan fingerprint density at radius 1 is 1.38 bits per heavy atom. The first-order valence-electron chi connectivity index (χ1n) is 6.82. The number of nitrogens with zero attached hydrogens (tertiary/aromatic N) is 4. The Balaban J connectivity index is 1.63. The van der Waals surface area contributed by atoms with Gasteiger partial charge < -0.3 is 4.90 Å². The largest absolute Gasteiger partial charge is 0.338 e. The number of aryl methyl sites for hydroxylation is 1. The normalized spacial score (nSPS) is 13.8. The molecule has 0 radical (unpaired) electrons. The standard InChI is InChI=1S/C14H15N5O2/c20-13-7-10-9-19(6-3-12(10)17-18-13)14(21)2-1-11-8-15-4-5-16-11/h4-5,7-8H,1-3,6,9H2,(H,18,20). The van der Waals surface area contributed by atoms with E-state index in [1.54, 1.807) is 23.5 Å². The maximum atomic E-state index is 12.2. The van der Waals surface area contributed by atoms with E-state index in [1.165, 1.54) is 6.07 Å². The number of fused-ring (bicyclic) bond motifs is 1. The third-order valence-electron chi connectivity index (χ3n) is 3.52. The quantitative estimate of drug-likeness (QED) is 0.862. The molecule has 2 aromatic rings. The molecule has 0 aliphatic carbocycles. The molecule has 0 spiro atoms. The first kappa shape index (κ1) is 13.4. The van der Waals surface area contributed by atoms with Gasteiger partial charge in [-0.1, -0.05) is 0 Å². The van der Waals surface area contributed by atoms with E-state index in [9.17, 15) is 9.59 Å². The molecule has 3 rings (SSSR count). The summed E-state index contributed by atoms with van der Waals surface area (Å²) in [5.74, 6) is 0.0617. The molecule has 3 heterocycles. The SMILES string of the molecule is O=C(CCc1cnccn1)N1CCc2n[nH]c(=O)cc2C1. The van der Waals surface area contributed by atoms with E-state index in [1.807, 2.05) is 0 Å². The minimum Gasteiger partial charge on any atom is -0.338 e. The third kappa shape index (κ3) is 3.13. The zero-order valence-corrected chi connectivity index (χ0v) is 11.5. The van der Waals surface area contributed by atoms with Crippen LogP contribution >= 0.6 is 0 Å². The molecular weight excluding hydrogens is 270 g/mol. The lowest BCUT2D eigenvalue weighted by Gasteiger charge is -2.27. The van der Waals surface area contributed by atoms with E-state index in [0.717, 1.165) is 17.0 Å². The molecular formula is C14H15N5O2. The molecule has 0 saturated heterocycles. The van der Waals surface area contributed by atoms with Crippen LogP contribution in [0.15, 0.2) is 29.5 Å². The second kappa shape index (κ2) is 5.82. The molecule has 0 bridgehead atoms. The maximum Gasteiger partial charge on any atom is 0.264 e. The van der Waals surface area contributed by atoms with Gasteiger partial charge in [0.25, 0.3) is 5.56 Å². The van der Waals surface area contributed by atoms with Gasteiger partial charge in [0.2, 0.25) is 5.91 Å². The smallest absolute Gasteiger partial charge is 0.264 e. The molecule has 1 N–H and O–H groups in total. The van der Waals surface area contributed by atoms with Crippen molar-refractivity contribution < 1.29 is 4.79 Å². The van der Waals surface area contributed by atoms with Crippen molar-refractivity contribution >= 4 is 5.91 Å². The van der Waals surface area contributed by atoms with Crippen molar-refractivity contribution in [3.8, 4) is 0 Å². The minimum absolute atomic E-state index is 0.0617. The van der Waals surface area contributed by atoms with Gasteiger partial charge in [0.1, 0.15) is 0 Å². The van der Waals surface area contributed by atoms with Gasteiger partial charge in [0, 0.05) is 56.2 Å². The Morgan fingerprint density at radius 2 is 2.29 bits per heavy atom. The lowest BCUT2D eigenvalue weighted by Crippen LogP contribution is -2.37. The number of aromatic nitrogens is 4. The summed E-state index contributed by atoms with van der Waals surface area (Å²) in [6, 6.07) is 1.52. The Morgan fingerprint density at radius 3 is 3.10 bits per heavy atom. The van der Waals surface area contributed by atoms with Crippen LogP contribution in [0.2, 0.25) is 0 Å². The number of aromatic amines is 1. The predicted octanol–water partition coefficient (Wildman–Crippen LogP) is 0.0774. The van der Waals surface area contributed by atoms with Crippen LogP contribution in [0.1, 0.15) is 23.4 Å². The van der Waals surface area contributed by atoms with Crippen LogP contribution in [0.25, 0.3) is 0 Å². The first-order chi connectivity index (χ1) is 10.2. The average Bonchev–Trinajstić information content (AvgIpc) is 2.53. The summed E-state index contributed by atoms with van der Waals surface area (Å²) >= 11 is 0. The van der Waals surface area contributed by atoms with Crippen molar-refractivity contribution in [2.24, 2.45) is 0 Å².